The largest absolute Gasteiger partial charge is 0.481 e. The normalized spacial score (nSPS) is 16.1. The molecule has 0 saturated heterocycles. The van der Waals surface area contributed by atoms with E-state index in [0.29, 0.717) is 68.7 Å². The van der Waals surface area contributed by atoms with E-state index in [-0.39, 0.29) is 59.8 Å². The number of anilines is 1. The first-order valence-electron chi connectivity index (χ1n) is 25.5. The molecule has 8 N–H and O–H groups in total. The molecule has 1 aliphatic heterocycles. The Labute approximate surface area is 502 Å². The van der Waals surface area contributed by atoms with Crippen molar-refractivity contribution < 1.29 is 52.9 Å². The Hall–Kier alpha value is -8.33. The summed E-state index contributed by atoms with van der Waals surface area (Å²) in [6.07, 6.45) is -1.60. The van der Waals surface area contributed by atoms with Gasteiger partial charge in [0.15, 0.2) is 6.10 Å². The molecule has 0 fully saturated rings. The lowest BCUT2D eigenvalue weighted by Gasteiger charge is -2.26. The van der Waals surface area contributed by atoms with Crippen LogP contribution in [0.25, 0.3) is 43.4 Å². The van der Waals surface area contributed by atoms with Gasteiger partial charge in [-0.2, -0.15) is 0 Å². The van der Waals surface area contributed by atoms with E-state index in [1.807, 2.05) is 13.8 Å². The number of carbonyl (C=O) groups is 8. The van der Waals surface area contributed by atoms with Crippen molar-refractivity contribution in [3.05, 3.63) is 111 Å². The maximum absolute atomic E-state index is 14.3. The van der Waals surface area contributed by atoms with Crippen LogP contribution in [-0.2, 0) is 35.3 Å². The van der Waals surface area contributed by atoms with Gasteiger partial charge in [0.25, 0.3) is 17.7 Å². The minimum atomic E-state index is -1.09. The number of hydrogen-bond acceptors (Lipinski definition) is 23. The van der Waals surface area contributed by atoms with Crippen LogP contribution in [0.1, 0.15) is 120 Å². The number of nitrogens with one attached hydrogen (secondary N) is 7. The molecule has 0 aliphatic carbocycles. The number of carboxylic acid groups (broad SMARTS) is 1. The van der Waals surface area contributed by atoms with Gasteiger partial charge in [0.2, 0.25) is 11.8 Å². The van der Waals surface area contributed by atoms with Crippen molar-refractivity contribution >= 4 is 121 Å². The lowest BCUT2D eigenvalue weighted by Crippen LogP contribution is -2.41. The Balaban J connectivity index is 1.14. The molecule has 4 atom stereocenters. The van der Waals surface area contributed by atoms with E-state index < -0.39 is 78.3 Å². The number of esters is 1. The lowest BCUT2D eigenvalue weighted by atomic mass is 10.0. The van der Waals surface area contributed by atoms with Crippen molar-refractivity contribution in [1.29, 1.82) is 0 Å². The van der Waals surface area contributed by atoms with E-state index in [0.717, 1.165) is 34.0 Å². The second-order valence-electron chi connectivity index (χ2n) is 18.8. The average Bonchev–Trinajstić information content (AvgIpc) is 3.67. The monoisotopic (exact) mass is 1250 g/mol. The molecule has 7 amide bonds. The number of aliphatic carboxylic acids is 1. The molecule has 9 rings (SSSR count). The number of fused-ring (bicyclic) bond motifs is 14. The fraction of sp³-hybridized carbons (Fsp3) is 0.302. The Bertz CT molecular complexity index is 3780. The summed E-state index contributed by atoms with van der Waals surface area (Å²) in [6.45, 7) is 6.02. The first-order chi connectivity index (χ1) is 40.3. The number of nitrogens with zero attached hydrogens (tertiary/aromatic N) is 7. The highest BCUT2D eigenvalue weighted by Gasteiger charge is 2.34. The number of benzene rings is 1. The minimum absolute atomic E-state index is 0.00157. The van der Waals surface area contributed by atoms with Crippen LogP contribution in [0, 0.1) is 12.8 Å². The van der Waals surface area contributed by atoms with Gasteiger partial charge in [0.05, 0.1) is 48.6 Å². The third kappa shape index (κ3) is 14.3. The van der Waals surface area contributed by atoms with E-state index in [9.17, 15) is 38.4 Å². The number of carboxylic acids is 1. The fourth-order valence-corrected chi connectivity index (χ4v) is 13.9. The van der Waals surface area contributed by atoms with Gasteiger partial charge < -0.3 is 46.5 Å². The highest BCUT2D eigenvalue weighted by atomic mass is 32.1. The topological polar surface area (TPSA) is 350 Å². The number of urea groups is 1. The van der Waals surface area contributed by atoms with Gasteiger partial charge in [-0.15, -0.1) is 68.0 Å². The molecular weight excluding hydrogens is 1200 g/mol. The second-order valence-corrected chi connectivity index (χ2v) is 24.6. The van der Waals surface area contributed by atoms with E-state index in [1.165, 1.54) is 55.1 Å². The third-order valence-corrected chi connectivity index (χ3v) is 18.1. The van der Waals surface area contributed by atoms with Crippen LogP contribution in [0.15, 0.2) is 64.0 Å². The Kier molecular flexibility index (Phi) is 19.3. The summed E-state index contributed by atoms with van der Waals surface area (Å²) in [5.74, 6) is -4.77. The van der Waals surface area contributed by atoms with Crippen molar-refractivity contribution in [2.75, 3.05) is 32.6 Å². The summed E-state index contributed by atoms with van der Waals surface area (Å²) in [5, 5.41) is 37.0. The predicted molar refractivity (Wildman–Crippen MR) is 316 cm³/mol. The van der Waals surface area contributed by atoms with Gasteiger partial charge in [-0.3, -0.25) is 38.9 Å². The number of aromatic nitrogens is 7. The maximum atomic E-state index is 14.3. The standard InChI is InChI=1S/C53H52N14O11S6/c1-23(2)38-52-67-41(33(84-52)18-77-6)45(74)56-17-36(70)64-42(43(78-25(4)68)26-10-8-7-9-11-26)51-61-32(21-81-51)49-59-30(19-80-49)40-27(12-13-28(57-40)48-62-34(22-82-48)63-53(76)55-15-14-37(71)72)47-60-31(20-79-47)44(73)58-29(16-35(69)54-5)50-66-39(24(3)83-50)46(75)65-38/h7-13,19-23,29,38,42-43H,14-18H2,1-6H3,(H,54,69)(H,56,74)(H,58,73)(H,64,70)(H,65,75)(H,71,72)(H2,55,63,76)/t29-,38-,42-,43-/m0/s1. The van der Waals surface area contributed by atoms with Gasteiger partial charge in [0.1, 0.15) is 76.1 Å². The van der Waals surface area contributed by atoms with E-state index in [4.69, 9.17) is 39.5 Å². The molecule has 0 unspecified atom stereocenters. The van der Waals surface area contributed by atoms with E-state index >= 15 is 0 Å². The summed E-state index contributed by atoms with van der Waals surface area (Å²) < 4.78 is 11.4. The van der Waals surface area contributed by atoms with Crippen molar-refractivity contribution in [3.63, 3.8) is 0 Å². The van der Waals surface area contributed by atoms with Crippen molar-refractivity contribution in [2.45, 2.75) is 71.4 Å². The first kappa shape index (κ1) is 60.3. The predicted octanol–water partition coefficient (Wildman–Crippen LogP) is 7.48. The van der Waals surface area contributed by atoms with Gasteiger partial charge >= 0.3 is 18.0 Å². The lowest BCUT2D eigenvalue weighted by molar-refractivity contribution is -0.149. The number of hydrogen-bond donors (Lipinski definition) is 8. The molecule has 0 saturated carbocycles. The van der Waals surface area contributed by atoms with Crippen molar-refractivity contribution in [2.24, 2.45) is 5.92 Å². The van der Waals surface area contributed by atoms with Crippen LogP contribution in [0.2, 0.25) is 0 Å². The van der Waals surface area contributed by atoms with Crippen molar-refractivity contribution in [3.8, 4) is 43.4 Å². The molecule has 1 aliphatic rings. The number of rotatable bonds is 13. The maximum Gasteiger partial charge on any atom is 0.320 e. The second kappa shape index (κ2) is 26.9. The van der Waals surface area contributed by atoms with Crippen LogP contribution < -0.4 is 37.2 Å². The van der Waals surface area contributed by atoms with Gasteiger partial charge in [-0.05, 0) is 30.5 Å². The number of ether oxygens (including phenoxy) is 2. The summed E-state index contributed by atoms with van der Waals surface area (Å²) >= 11 is 7.02. The molecule has 31 heteroatoms. The molecule has 0 spiro atoms. The average molecular weight is 1250 g/mol. The molecule has 8 aromatic rings. The minimum Gasteiger partial charge on any atom is -0.481 e. The fourth-order valence-electron chi connectivity index (χ4n) is 8.38. The number of aryl methyl sites for hydroxylation is 1. The zero-order valence-electron chi connectivity index (χ0n) is 45.4. The Morgan fingerprint density at radius 3 is 2.17 bits per heavy atom. The summed E-state index contributed by atoms with van der Waals surface area (Å²) in [4.78, 5) is 141. The summed E-state index contributed by atoms with van der Waals surface area (Å²) in [7, 11) is 2.92. The molecular formula is C53H52N14O11S6. The number of pyridine rings is 1. The highest BCUT2D eigenvalue weighted by Crippen LogP contribution is 2.41. The molecule has 8 heterocycles. The van der Waals surface area contributed by atoms with Crippen LogP contribution >= 0.6 is 68.0 Å². The molecule has 25 nitrogen and oxygen atoms in total. The molecule has 7 aromatic heterocycles. The number of thiazole rings is 6. The van der Waals surface area contributed by atoms with Crippen LogP contribution in [-0.4, -0.2) is 115 Å². The highest BCUT2D eigenvalue weighted by molar-refractivity contribution is 7.15. The Morgan fingerprint density at radius 2 is 1.43 bits per heavy atom. The molecule has 1 aromatic carbocycles. The van der Waals surface area contributed by atoms with Gasteiger partial charge in [0, 0.05) is 59.6 Å². The first-order valence-corrected chi connectivity index (χ1v) is 30.7. The zero-order chi connectivity index (χ0) is 59.8. The molecule has 84 heavy (non-hydrogen) atoms. The zero-order valence-corrected chi connectivity index (χ0v) is 50.3. The third-order valence-electron chi connectivity index (χ3n) is 12.4. The van der Waals surface area contributed by atoms with Gasteiger partial charge in [-0.25, -0.2) is 39.7 Å². The number of methoxy groups -OCH3 is 1. The quantitative estimate of drug-likeness (QED) is 0.0518. The number of amides is 7. The smallest absolute Gasteiger partial charge is 0.320 e. The SMILES string of the molecule is CNC(=O)C[C@@H]1NC(=O)c2csc(n2)-c2ccc(-c3nc(NC(=O)NCCC(=O)O)cs3)nc2-c2csc(n2)-c2csc(n2)[C@H]([C@@H](OC(C)=O)c2ccccc2)NC(=O)CNC(=O)c2nc(sc2COC)[C@H](C(C)C)NC(=O)c2nc1sc2C. The summed E-state index contributed by atoms with van der Waals surface area (Å²) in [5.41, 5.74) is 2.49. The molecule has 0 radical (unpaired) electrons. The summed E-state index contributed by atoms with van der Waals surface area (Å²) in [6, 6.07) is 8.75. The van der Waals surface area contributed by atoms with Crippen LogP contribution in [0.4, 0.5) is 10.6 Å². The molecule has 436 valence electrons. The van der Waals surface area contributed by atoms with Crippen LogP contribution in [0.3, 0.4) is 0 Å². The van der Waals surface area contributed by atoms with Crippen LogP contribution in [0.5, 0.6) is 0 Å². The van der Waals surface area contributed by atoms with Crippen molar-refractivity contribution in [1.82, 2.24) is 66.8 Å². The van der Waals surface area contributed by atoms with E-state index in [2.05, 4.69) is 47.2 Å². The molecule has 10 bridgehead atoms. The number of carbonyl (C=O) groups excluding carboxylic acids is 7. The van der Waals surface area contributed by atoms with E-state index in [1.54, 1.807) is 70.9 Å². The van der Waals surface area contributed by atoms with Gasteiger partial charge in [-0.1, -0.05) is 44.2 Å². The Morgan fingerprint density at radius 1 is 0.714 bits per heavy atom.